The molecule has 4 amide bonds. The van der Waals surface area contributed by atoms with Gasteiger partial charge < -0.3 is 15.5 Å². The molecule has 2 aliphatic heterocycles. The van der Waals surface area contributed by atoms with E-state index in [-0.39, 0.29) is 11.8 Å². The van der Waals surface area contributed by atoms with E-state index in [0.717, 1.165) is 21.6 Å². The van der Waals surface area contributed by atoms with Crippen LogP contribution in [0.1, 0.15) is 16.7 Å². The highest BCUT2D eigenvalue weighted by atomic mass is 16.2. The number of benzene rings is 2. The molecular formula is C23H24N4O3. The molecule has 0 radical (unpaired) electrons. The van der Waals surface area contributed by atoms with Crippen LogP contribution in [0, 0.1) is 20.8 Å². The van der Waals surface area contributed by atoms with E-state index >= 15 is 0 Å². The van der Waals surface area contributed by atoms with E-state index in [1.54, 1.807) is 30.3 Å². The molecule has 2 unspecified atom stereocenters. The molecule has 1 fully saturated rings. The Balaban J connectivity index is 1.58. The SMILES string of the molecule is Cc1ccc(N2C(=O)NC3C(C(=O)Nc4cc(C)ccc4C)=CN(C)C3C2=O)cc1. The normalized spacial score (nSPS) is 20.6. The zero-order chi connectivity index (χ0) is 21.6. The summed E-state index contributed by atoms with van der Waals surface area (Å²) in [6, 6.07) is 11.1. The summed E-state index contributed by atoms with van der Waals surface area (Å²) >= 11 is 0. The van der Waals surface area contributed by atoms with Gasteiger partial charge in [-0.25, -0.2) is 9.69 Å². The van der Waals surface area contributed by atoms with Crippen molar-refractivity contribution in [3.05, 3.63) is 70.9 Å². The summed E-state index contributed by atoms with van der Waals surface area (Å²) in [6.45, 7) is 5.80. The largest absolute Gasteiger partial charge is 0.366 e. The maximum atomic E-state index is 13.2. The van der Waals surface area contributed by atoms with Gasteiger partial charge in [0.1, 0.15) is 6.04 Å². The van der Waals surface area contributed by atoms with Gasteiger partial charge in [0.15, 0.2) is 0 Å². The second-order valence-corrected chi connectivity index (χ2v) is 7.90. The van der Waals surface area contributed by atoms with Crippen molar-refractivity contribution in [2.45, 2.75) is 32.9 Å². The number of hydrogen-bond acceptors (Lipinski definition) is 4. The quantitative estimate of drug-likeness (QED) is 0.824. The molecule has 0 bridgehead atoms. The first-order chi connectivity index (χ1) is 14.3. The summed E-state index contributed by atoms with van der Waals surface area (Å²) in [5, 5.41) is 5.76. The Kier molecular flexibility index (Phi) is 4.81. The first-order valence-corrected chi connectivity index (χ1v) is 9.79. The first kappa shape index (κ1) is 19.7. The number of anilines is 2. The molecule has 2 heterocycles. The first-order valence-electron chi connectivity index (χ1n) is 9.79. The molecule has 154 valence electrons. The van der Waals surface area contributed by atoms with Crippen molar-refractivity contribution >= 4 is 29.2 Å². The average Bonchev–Trinajstić information content (AvgIpc) is 3.02. The zero-order valence-corrected chi connectivity index (χ0v) is 17.4. The number of hydrogen-bond donors (Lipinski definition) is 2. The molecule has 30 heavy (non-hydrogen) atoms. The van der Waals surface area contributed by atoms with E-state index in [1.807, 2.05) is 51.1 Å². The highest BCUT2D eigenvalue weighted by molar-refractivity contribution is 6.20. The lowest BCUT2D eigenvalue weighted by Crippen LogP contribution is -2.65. The Hall–Kier alpha value is -3.61. The summed E-state index contributed by atoms with van der Waals surface area (Å²) in [6.07, 6.45) is 1.63. The fourth-order valence-corrected chi connectivity index (χ4v) is 3.89. The molecule has 0 aromatic heterocycles. The van der Waals surface area contributed by atoms with Crippen molar-refractivity contribution in [2.75, 3.05) is 17.3 Å². The maximum Gasteiger partial charge on any atom is 0.329 e. The van der Waals surface area contributed by atoms with Crippen LogP contribution in [0.5, 0.6) is 0 Å². The lowest BCUT2D eigenvalue weighted by atomic mass is 9.98. The summed E-state index contributed by atoms with van der Waals surface area (Å²) in [5.41, 5.74) is 4.57. The van der Waals surface area contributed by atoms with Crippen LogP contribution in [0.15, 0.2) is 54.2 Å². The Bertz CT molecular complexity index is 1070. The van der Waals surface area contributed by atoms with Crippen molar-refractivity contribution in [1.29, 1.82) is 0 Å². The van der Waals surface area contributed by atoms with Gasteiger partial charge in [-0.05, 0) is 50.1 Å². The monoisotopic (exact) mass is 404 g/mol. The molecule has 7 heteroatoms. The van der Waals surface area contributed by atoms with Crippen LogP contribution in [0.3, 0.4) is 0 Å². The highest BCUT2D eigenvalue weighted by Gasteiger charge is 2.49. The third-order valence-electron chi connectivity index (χ3n) is 5.58. The molecule has 2 aliphatic rings. The number of carbonyl (C=O) groups excluding carboxylic acids is 3. The minimum Gasteiger partial charge on any atom is -0.366 e. The van der Waals surface area contributed by atoms with Crippen molar-refractivity contribution in [2.24, 2.45) is 0 Å². The van der Waals surface area contributed by atoms with Crippen LogP contribution in [0.2, 0.25) is 0 Å². The van der Waals surface area contributed by atoms with Crippen molar-refractivity contribution in [1.82, 2.24) is 10.2 Å². The molecular weight excluding hydrogens is 380 g/mol. The minimum absolute atomic E-state index is 0.333. The number of amides is 4. The molecule has 2 aromatic rings. The Morgan fingerprint density at radius 1 is 1.00 bits per heavy atom. The number of aryl methyl sites for hydroxylation is 3. The predicted molar refractivity (Wildman–Crippen MR) is 115 cm³/mol. The summed E-state index contributed by atoms with van der Waals surface area (Å²) < 4.78 is 0. The fraction of sp³-hybridized carbons (Fsp3) is 0.261. The second kappa shape index (κ2) is 7.33. The Morgan fingerprint density at radius 2 is 1.67 bits per heavy atom. The Labute approximate surface area is 175 Å². The number of nitrogens with one attached hydrogen (secondary N) is 2. The van der Waals surface area contributed by atoms with Crippen LogP contribution < -0.4 is 15.5 Å². The van der Waals surface area contributed by atoms with E-state index in [1.165, 1.54) is 0 Å². The maximum absolute atomic E-state index is 13.2. The number of urea groups is 1. The van der Waals surface area contributed by atoms with Gasteiger partial charge >= 0.3 is 6.03 Å². The third-order valence-corrected chi connectivity index (χ3v) is 5.58. The molecule has 2 aromatic carbocycles. The lowest BCUT2D eigenvalue weighted by molar-refractivity contribution is -0.122. The van der Waals surface area contributed by atoms with Crippen molar-refractivity contribution in [3.8, 4) is 0 Å². The number of fused-ring (bicyclic) bond motifs is 1. The average molecular weight is 404 g/mol. The van der Waals surface area contributed by atoms with Gasteiger partial charge in [0.05, 0.1) is 17.3 Å². The van der Waals surface area contributed by atoms with Crippen molar-refractivity contribution in [3.63, 3.8) is 0 Å². The van der Waals surface area contributed by atoms with Gasteiger partial charge in [-0.1, -0.05) is 29.8 Å². The number of carbonyl (C=O) groups is 3. The molecule has 7 nitrogen and oxygen atoms in total. The van der Waals surface area contributed by atoms with E-state index in [9.17, 15) is 14.4 Å². The number of imide groups is 1. The molecule has 0 aliphatic carbocycles. The van der Waals surface area contributed by atoms with Crippen LogP contribution in [-0.4, -0.2) is 41.9 Å². The van der Waals surface area contributed by atoms with Gasteiger partial charge in [-0.3, -0.25) is 9.59 Å². The molecule has 4 rings (SSSR count). The third kappa shape index (κ3) is 3.32. The van der Waals surface area contributed by atoms with Gasteiger partial charge in [-0.15, -0.1) is 0 Å². The molecule has 0 spiro atoms. The number of rotatable bonds is 3. The van der Waals surface area contributed by atoms with E-state index in [0.29, 0.717) is 16.9 Å². The van der Waals surface area contributed by atoms with Crippen LogP contribution in [0.4, 0.5) is 16.2 Å². The Morgan fingerprint density at radius 3 is 2.37 bits per heavy atom. The van der Waals surface area contributed by atoms with Gasteiger partial charge in [0, 0.05) is 18.9 Å². The summed E-state index contributed by atoms with van der Waals surface area (Å²) in [5.74, 6) is -0.694. The molecule has 2 N–H and O–H groups in total. The smallest absolute Gasteiger partial charge is 0.329 e. The lowest BCUT2D eigenvalue weighted by Gasteiger charge is -2.37. The van der Waals surface area contributed by atoms with Gasteiger partial charge in [0.2, 0.25) is 0 Å². The fourth-order valence-electron chi connectivity index (χ4n) is 3.89. The van der Waals surface area contributed by atoms with Crippen LogP contribution in [-0.2, 0) is 9.59 Å². The topological polar surface area (TPSA) is 81.8 Å². The second-order valence-electron chi connectivity index (χ2n) is 7.90. The van der Waals surface area contributed by atoms with E-state index < -0.39 is 18.1 Å². The van der Waals surface area contributed by atoms with Gasteiger partial charge in [-0.2, -0.15) is 0 Å². The number of nitrogens with zero attached hydrogens (tertiary/aromatic N) is 2. The summed E-state index contributed by atoms with van der Waals surface area (Å²) in [4.78, 5) is 41.8. The van der Waals surface area contributed by atoms with Crippen molar-refractivity contribution < 1.29 is 14.4 Å². The van der Waals surface area contributed by atoms with Gasteiger partial charge in [0.25, 0.3) is 11.8 Å². The molecule has 1 saturated heterocycles. The molecule has 2 atom stereocenters. The number of likely N-dealkylation sites (N-methyl/N-ethyl adjacent to an activating group) is 1. The van der Waals surface area contributed by atoms with Crippen LogP contribution in [0.25, 0.3) is 0 Å². The van der Waals surface area contributed by atoms with E-state index in [2.05, 4.69) is 10.6 Å². The van der Waals surface area contributed by atoms with Crippen LogP contribution >= 0.6 is 0 Å². The molecule has 0 saturated carbocycles. The minimum atomic E-state index is -0.707. The van der Waals surface area contributed by atoms with E-state index in [4.69, 9.17) is 0 Å². The predicted octanol–water partition coefficient (Wildman–Crippen LogP) is 2.87. The summed E-state index contributed by atoms with van der Waals surface area (Å²) in [7, 11) is 1.73. The standard InChI is InChI=1S/C23H24N4O3/c1-13-6-9-16(10-7-13)27-22(29)20-19(25-23(27)30)17(12-26(20)4)21(28)24-18-11-14(2)5-8-15(18)3/h5-12,19-20H,1-4H3,(H,24,28)(H,25,30). The highest BCUT2D eigenvalue weighted by Crippen LogP contribution is 2.30. The zero-order valence-electron chi connectivity index (χ0n) is 17.4.